The van der Waals surface area contributed by atoms with Crippen LogP contribution in [0.25, 0.3) is 0 Å². The molecule has 0 unspecified atom stereocenters. The van der Waals surface area contributed by atoms with E-state index < -0.39 is 6.04 Å². The topological polar surface area (TPSA) is 49.4 Å². The minimum absolute atomic E-state index is 0.0499. The van der Waals surface area contributed by atoms with E-state index in [1.54, 1.807) is 17.0 Å². The van der Waals surface area contributed by atoms with Crippen LogP contribution in [0, 0.1) is 5.82 Å². The fourth-order valence-electron chi connectivity index (χ4n) is 3.11. The molecule has 0 heterocycles. The maximum atomic E-state index is 13.0. The van der Waals surface area contributed by atoms with Crippen LogP contribution >= 0.6 is 11.8 Å². The van der Waals surface area contributed by atoms with Crippen molar-refractivity contribution in [3.8, 4) is 0 Å². The molecule has 2 aromatic carbocycles. The van der Waals surface area contributed by atoms with Crippen molar-refractivity contribution in [1.82, 2.24) is 10.2 Å². The second kappa shape index (κ2) is 12.3. The zero-order chi connectivity index (χ0) is 21.1. The van der Waals surface area contributed by atoms with Crippen LogP contribution < -0.4 is 5.32 Å². The van der Waals surface area contributed by atoms with Crippen LogP contribution in [0.15, 0.2) is 54.6 Å². The molecule has 0 saturated carbocycles. The summed E-state index contributed by atoms with van der Waals surface area (Å²) in [4.78, 5) is 27.2. The predicted molar refractivity (Wildman–Crippen MR) is 117 cm³/mol. The Hall–Kier alpha value is -2.34. The van der Waals surface area contributed by atoms with Gasteiger partial charge in [0.25, 0.3) is 0 Å². The smallest absolute Gasteiger partial charge is 0.242 e. The number of thioether (sulfide) groups is 1. The van der Waals surface area contributed by atoms with E-state index in [1.165, 1.54) is 23.9 Å². The highest BCUT2D eigenvalue weighted by molar-refractivity contribution is 7.99. The molecule has 0 saturated heterocycles. The summed E-state index contributed by atoms with van der Waals surface area (Å²) in [5.41, 5.74) is 2.10. The number of hydrogen-bond donors (Lipinski definition) is 1. The second-order valence-corrected chi connectivity index (χ2v) is 7.75. The molecule has 2 amide bonds. The number of halogens is 1. The van der Waals surface area contributed by atoms with Crippen LogP contribution in [0.4, 0.5) is 4.39 Å². The summed E-state index contributed by atoms with van der Waals surface area (Å²) in [7, 11) is 0. The number of carbonyl (C=O) groups excluding carboxylic acids is 2. The molecule has 0 spiro atoms. The van der Waals surface area contributed by atoms with Crippen LogP contribution in [0.3, 0.4) is 0 Å². The van der Waals surface area contributed by atoms with Crippen molar-refractivity contribution in [2.24, 2.45) is 0 Å². The summed E-state index contributed by atoms with van der Waals surface area (Å²) < 4.78 is 13.0. The van der Waals surface area contributed by atoms with Crippen LogP contribution in [0.5, 0.6) is 0 Å². The van der Waals surface area contributed by atoms with Crippen LogP contribution in [-0.2, 0) is 21.8 Å². The summed E-state index contributed by atoms with van der Waals surface area (Å²) in [6.45, 7) is 4.83. The molecule has 1 N–H and O–H groups in total. The van der Waals surface area contributed by atoms with Gasteiger partial charge in [0.15, 0.2) is 0 Å². The van der Waals surface area contributed by atoms with Gasteiger partial charge in [-0.2, -0.15) is 0 Å². The average molecular weight is 417 g/mol. The van der Waals surface area contributed by atoms with Crippen LogP contribution in [0.1, 0.15) is 31.4 Å². The molecule has 0 bridgehead atoms. The van der Waals surface area contributed by atoms with E-state index in [1.807, 2.05) is 44.2 Å². The highest BCUT2D eigenvalue weighted by Crippen LogP contribution is 2.16. The van der Waals surface area contributed by atoms with E-state index in [0.29, 0.717) is 31.7 Å². The van der Waals surface area contributed by atoms with Gasteiger partial charge in [-0.1, -0.05) is 49.4 Å². The van der Waals surface area contributed by atoms with Gasteiger partial charge in [-0.3, -0.25) is 9.59 Å². The predicted octanol–water partition coefficient (Wildman–Crippen LogP) is 4.04. The van der Waals surface area contributed by atoms with Crippen molar-refractivity contribution in [1.29, 1.82) is 0 Å². The average Bonchev–Trinajstić information content (AvgIpc) is 2.73. The lowest BCUT2D eigenvalue weighted by Crippen LogP contribution is -2.50. The molecule has 1 atom stereocenters. The Labute approximate surface area is 176 Å². The maximum Gasteiger partial charge on any atom is 0.242 e. The van der Waals surface area contributed by atoms with Crippen molar-refractivity contribution in [2.45, 2.75) is 38.5 Å². The number of amides is 2. The third kappa shape index (κ3) is 7.54. The summed E-state index contributed by atoms with van der Waals surface area (Å²) in [6, 6.07) is 15.8. The first kappa shape index (κ1) is 22.9. The number of likely N-dealkylation sites (N-methyl/N-ethyl adjacent to an activating group) is 1. The van der Waals surface area contributed by atoms with E-state index >= 15 is 0 Å². The first-order valence-corrected chi connectivity index (χ1v) is 11.1. The molecular formula is C23H29FN2O2S. The third-order valence-corrected chi connectivity index (χ3v) is 5.62. The molecule has 0 fully saturated rings. The van der Waals surface area contributed by atoms with E-state index in [2.05, 4.69) is 5.32 Å². The van der Waals surface area contributed by atoms with Gasteiger partial charge in [0.05, 0.1) is 5.75 Å². The zero-order valence-corrected chi connectivity index (χ0v) is 17.9. The number of nitrogens with zero attached hydrogens (tertiary/aromatic N) is 1. The Bertz CT molecular complexity index is 768. The minimum atomic E-state index is -0.474. The highest BCUT2D eigenvalue weighted by atomic mass is 32.2. The SMILES string of the molecule is CCNC(=O)[C@H](CC)N(CCc1ccccc1)C(=O)CSCc1ccc(F)cc1. The summed E-state index contributed by atoms with van der Waals surface area (Å²) in [6.07, 6.45) is 1.26. The monoisotopic (exact) mass is 416 g/mol. The molecule has 2 rings (SSSR count). The van der Waals surface area contributed by atoms with Crippen LogP contribution in [-0.4, -0.2) is 41.6 Å². The molecule has 0 aliphatic carbocycles. The molecule has 6 heteroatoms. The van der Waals surface area contributed by atoms with Crippen LogP contribution in [0.2, 0.25) is 0 Å². The van der Waals surface area contributed by atoms with E-state index in [9.17, 15) is 14.0 Å². The van der Waals surface area contributed by atoms with Gasteiger partial charge in [0, 0.05) is 18.8 Å². The van der Waals surface area contributed by atoms with Crippen molar-refractivity contribution in [3.63, 3.8) is 0 Å². The zero-order valence-electron chi connectivity index (χ0n) is 17.1. The molecule has 0 aliphatic rings. The molecule has 2 aromatic rings. The minimum Gasteiger partial charge on any atom is -0.355 e. The Morgan fingerprint density at radius 3 is 2.34 bits per heavy atom. The summed E-state index contributed by atoms with van der Waals surface area (Å²) in [5.74, 6) is 0.471. The van der Waals surface area contributed by atoms with Crippen molar-refractivity contribution >= 4 is 23.6 Å². The third-order valence-electron chi connectivity index (χ3n) is 4.63. The number of carbonyl (C=O) groups is 2. The molecular weight excluding hydrogens is 387 g/mol. The Kier molecular flexibility index (Phi) is 9.71. The van der Waals surface area contributed by atoms with Gasteiger partial charge in [-0.25, -0.2) is 4.39 Å². The standard InChI is InChI=1S/C23H29FN2O2S/c1-3-21(23(28)25-4-2)26(15-14-18-8-6-5-7-9-18)22(27)17-29-16-19-10-12-20(24)13-11-19/h5-13,21H,3-4,14-17H2,1-2H3,(H,25,28)/t21-/m0/s1. The number of rotatable bonds is 11. The largest absolute Gasteiger partial charge is 0.355 e. The molecule has 0 aliphatic heterocycles. The van der Waals surface area contributed by atoms with Gasteiger partial charge in [-0.15, -0.1) is 11.8 Å². The lowest BCUT2D eigenvalue weighted by Gasteiger charge is -2.30. The number of nitrogens with one attached hydrogen (secondary N) is 1. The quantitative estimate of drug-likeness (QED) is 0.601. The fraction of sp³-hybridized carbons (Fsp3) is 0.391. The fourth-order valence-corrected chi connectivity index (χ4v) is 3.98. The Balaban J connectivity index is 2.02. The number of benzene rings is 2. The Morgan fingerprint density at radius 2 is 1.72 bits per heavy atom. The number of hydrogen-bond acceptors (Lipinski definition) is 3. The molecule has 156 valence electrons. The van der Waals surface area contributed by atoms with E-state index in [4.69, 9.17) is 0 Å². The van der Waals surface area contributed by atoms with Gasteiger partial charge in [-0.05, 0) is 43.0 Å². The van der Waals surface area contributed by atoms with Gasteiger partial charge in [0.1, 0.15) is 11.9 Å². The van der Waals surface area contributed by atoms with Crippen molar-refractivity contribution in [3.05, 3.63) is 71.5 Å². The molecule has 0 aromatic heterocycles. The lowest BCUT2D eigenvalue weighted by atomic mass is 10.1. The van der Waals surface area contributed by atoms with Gasteiger partial charge < -0.3 is 10.2 Å². The lowest BCUT2D eigenvalue weighted by molar-refractivity contribution is -0.138. The van der Waals surface area contributed by atoms with E-state index in [-0.39, 0.29) is 23.4 Å². The highest BCUT2D eigenvalue weighted by Gasteiger charge is 2.27. The normalized spacial score (nSPS) is 11.7. The molecule has 0 radical (unpaired) electrons. The first-order chi connectivity index (χ1) is 14.0. The van der Waals surface area contributed by atoms with Crippen molar-refractivity contribution < 1.29 is 14.0 Å². The second-order valence-electron chi connectivity index (χ2n) is 6.76. The summed E-state index contributed by atoms with van der Waals surface area (Å²) >= 11 is 1.48. The van der Waals surface area contributed by atoms with Gasteiger partial charge in [0.2, 0.25) is 11.8 Å². The van der Waals surface area contributed by atoms with E-state index in [0.717, 1.165) is 11.1 Å². The Morgan fingerprint density at radius 1 is 1.03 bits per heavy atom. The van der Waals surface area contributed by atoms with Gasteiger partial charge >= 0.3 is 0 Å². The molecule has 29 heavy (non-hydrogen) atoms. The summed E-state index contributed by atoms with van der Waals surface area (Å²) in [5, 5.41) is 2.84. The molecule has 4 nitrogen and oxygen atoms in total. The maximum absolute atomic E-state index is 13.0. The van der Waals surface area contributed by atoms with Crippen molar-refractivity contribution in [2.75, 3.05) is 18.8 Å². The first-order valence-electron chi connectivity index (χ1n) is 9.98.